The highest BCUT2D eigenvalue weighted by Gasteiger charge is 2.28. The van der Waals surface area contributed by atoms with Crippen molar-refractivity contribution in [2.75, 3.05) is 6.54 Å². The molecule has 0 fully saturated rings. The van der Waals surface area contributed by atoms with Gasteiger partial charge in [-0.1, -0.05) is 22.0 Å². The molecule has 0 radical (unpaired) electrons. The average Bonchev–Trinajstić information content (AvgIpc) is 2.68. The third-order valence-electron chi connectivity index (χ3n) is 2.91. The predicted molar refractivity (Wildman–Crippen MR) is 65.8 cm³/mol. The SMILES string of the molecule is O=C(O)CNC(=O)C1CCc2cc(Br)ccc21. The molecule has 5 heteroatoms. The standard InChI is InChI=1S/C12H12BrNO3/c13-8-2-4-9-7(5-8)1-3-10(9)12(17)14-6-11(15)16/h2,4-5,10H,1,3,6H2,(H,14,17)(H,15,16). The molecular weight excluding hydrogens is 286 g/mol. The van der Waals surface area contributed by atoms with E-state index in [1.807, 2.05) is 18.2 Å². The largest absolute Gasteiger partial charge is 0.480 e. The van der Waals surface area contributed by atoms with Crippen LogP contribution in [0.2, 0.25) is 0 Å². The number of aliphatic carboxylic acids is 1. The van der Waals surface area contributed by atoms with Crippen LogP contribution in [0, 0.1) is 0 Å². The molecule has 0 saturated heterocycles. The van der Waals surface area contributed by atoms with Crippen molar-refractivity contribution in [1.82, 2.24) is 5.32 Å². The molecular formula is C12H12BrNO3. The Balaban J connectivity index is 2.11. The molecule has 0 aliphatic heterocycles. The van der Waals surface area contributed by atoms with Crippen LogP contribution in [0.15, 0.2) is 22.7 Å². The van der Waals surface area contributed by atoms with Crippen LogP contribution in [0.4, 0.5) is 0 Å². The lowest BCUT2D eigenvalue weighted by Gasteiger charge is -2.11. The van der Waals surface area contributed by atoms with Gasteiger partial charge in [0, 0.05) is 4.47 Å². The fourth-order valence-electron chi connectivity index (χ4n) is 2.14. The molecule has 17 heavy (non-hydrogen) atoms. The highest BCUT2D eigenvalue weighted by atomic mass is 79.9. The van der Waals surface area contributed by atoms with Crippen LogP contribution < -0.4 is 5.32 Å². The van der Waals surface area contributed by atoms with Gasteiger partial charge in [-0.2, -0.15) is 0 Å². The molecule has 0 spiro atoms. The number of hydrogen-bond acceptors (Lipinski definition) is 2. The summed E-state index contributed by atoms with van der Waals surface area (Å²) in [5.41, 5.74) is 2.17. The minimum atomic E-state index is -1.02. The predicted octanol–water partition coefficient (Wildman–Crippen LogP) is 1.68. The lowest BCUT2D eigenvalue weighted by Crippen LogP contribution is -2.32. The van der Waals surface area contributed by atoms with E-state index >= 15 is 0 Å². The van der Waals surface area contributed by atoms with Crippen LogP contribution in [-0.4, -0.2) is 23.5 Å². The number of carboxylic acids is 1. The van der Waals surface area contributed by atoms with E-state index in [1.165, 1.54) is 0 Å². The van der Waals surface area contributed by atoms with E-state index < -0.39 is 5.97 Å². The Morgan fingerprint density at radius 2 is 2.24 bits per heavy atom. The first-order chi connectivity index (χ1) is 8.08. The zero-order chi connectivity index (χ0) is 12.4. The van der Waals surface area contributed by atoms with Gasteiger partial charge in [0.15, 0.2) is 0 Å². The van der Waals surface area contributed by atoms with Gasteiger partial charge >= 0.3 is 5.97 Å². The van der Waals surface area contributed by atoms with E-state index in [2.05, 4.69) is 21.2 Å². The first kappa shape index (κ1) is 12.1. The van der Waals surface area contributed by atoms with E-state index in [-0.39, 0.29) is 18.4 Å². The zero-order valence-electron chi connectivity index (χ0n) is 9.07. The van der Waals surface area contributed by atoms with Crippen molar-refractivity contribution >= 4 is 27.8 Å². The summed E-state index contributed by atoms with van der Waals surface area (Å²) >= 11 is 3.39. The molecule has 2 N–H and O–H groups in total. The first-order valence-electron chi connectivity index (χ1n) is 5.36. The molecule has 1 unspecified atom stereocenters. The number of amides is 1. The number of benzene rings is 1. The van der Waals surface area contributed by atoms with Crippen molar-refractivity contribution in [3.8, 4) is 0 Å². The zero-order valence-corrected chi connectivity index (χ0v) is 10.7. The maximum absolute atomic E-state index is 11.8. The number of nitrogens with one attached hydrogen (secondary N) is 1. The second-order valence-corrected chi connectivity index (χ2v) is 4.96. The highest BCUT2D eigenvalue weighted by molar-refractivity contribution is 9.10. The summed E-state index contributed by atoms with van der Waals surface area (Å²) in [6.45, 7) is -0.318. The van der Waals surface area contributed by atoms with Crippen molar-refractivity contribution in [3.05, 3.63) is 33.8 Å². The summed E-state index contributed by atoms with van der Waals surface area (Å²) in [6.07, 6.45) is 1.61. The fraction of sp³-hybridized carbons (Fsp3) is 0.333. The Kier molecular flexibility index (Phi) is 3.47. The Morgan fingerprint density at radius 1 is 1.47 bits per heavy atom. The maximum atomic E-state index is 11.8. The van der Waals surface area contributed by atoms with E-state index in [1.54, 1.807) is 0 Å². The quantitative estimate of drug-likeness (QED) is 0.892. The summed E-state index contributed by atoms with van der Waals surface area (Å²) in [5, 5.41) is 10.9. The third kappa shape index (κ3) is 2.66. The molecule has 0 heterocycles. The lowest BCUT2D eigenvalue weighted by molar-refractivity contribution is -0.138. The highest BCUT2D eigenvalue weighted by Crippen LogP contribution is 2.34. The Bertz CT molecular complexity index is 473. The van der Waals surface area contributed by atoms with Gasteiger partial charge in [-0.05, 0) is 36.1 Å². The monoisotopic (exact) mass is 297 g/mol. The molecule has 4 nitrogen and oxygen atoms in total. The molecule has 1 aliphatic carbocycles. The van der Waals surface area contributed by atoms with Gasteiger partial charge < -0.3 is 10.4 Å². The van der Waals surface area contributed by atoms with Gasteiger partial charge in [-0.3, -0.25) is 9.59 Å². The summed E-state index contributed by atoms with van der Waals surface area (Å²) in [7, 11) is 0. The Morgan fingerprint density at radius 3 is 2.94 bits per heavy atom. The number of carboxylic acid groups (broad SMARTS) is 1. The van der Waals surface area contributed by atoms with Crippen LogP contribution in [-0.2, 0) is 16.0 Å². The van der Waals surface area contributed by atoms with E-state index in [0.717, 1.165) is 28.4 Å². The summed E-state index contributed by atoms with van der Waals surface area (Å²) in [4.78, 5) is 22.2. The van der Waals surface area contributed by atoms with Crippen LogP contribution >= 0.6 is 15.9 Å². The summed E-state index contributed by atoms with van der Waals surface area (Å²) < 4.78 is 1.00. The Labute approximate surface area is 107 Å². The number of carbonyl (C=O) groups is 2. The second-order valence-electron chi connectivity index (χ2n) is 4.05. The van der Waals surface area contributed by atoms with Crippen molar-refractivity contribution in [2.45, 2.75) is 18.8 Å². The van der Waals surface area contributed by atoms with Gasteiger partial charge in [-0.25, -0.2) is 0 Å². The topological polar surface area (TPSA) is 66.4 Å². The molecule has 0 saturated carbocycles. The molecule has 1 aliphatic rings. The van der Waals surface area contributed by atoms with Crippen LogP contribution in [0.5, 0.6) is 0 Å². The lowest BCUT2D eigenvalue weighted by atomic mass is 10.0. The molecule has 0 aromatic heterocycles. The van der Waals surface area contributed by atoms with Gasteiger partial charge in [-0.15, -0.1) is 0 Å². The molecule has 2 rings (SSSR count). The molecule has 90 valence electrons. The molecule has 0 bridgehead atoms. The molecule has 1 amide bonds. The number of halogens is 1. The normalized spacial score (nSPS) is 17.6. The number of fused-ring (bicyclic) bond motifs is 1. The average molecular weight is 298 g/mol. The minimum absolute atomic E-state index is 0.200. The molecule has 1 aromatic rings. The third-order valence-corrected chi connectivity index (χ3v) is 3.41. The van der Waals surface area contributed by atoms with Crippen LogP contribution in [0.1, 0.15) is 23.5 Å². The van der Waals surface area contributed by atoms with Gasteiger partial charge in [0.25, 0.3) is 0 Å². The number of carbonyl (C=O) groups excluding carboxylic acids is 1. The first-order valence-corrected chi connectivity index (χ1v) is 6.15. The molecule has 1 aromatic carbocycles. The smallest absolute Gasteiger partial charge is 0.322 e. The fourth-order valence-corrected chi connectivity index (χ4v) is 2.55. The van der Waals surface area contributed by atoms with Crippen molar-refractivity contribution in [3.63, 3.8) is 0 Å². The van der Waals surface area contributed by atoms with Gasteiger partial charge in [0.1, 0.15) is 6.54 Å². The number of rotatable bonds is 3. The van der Waals surface area contributed by atoms with E-state index in [4.69, 9.17) is 5.11 Å². The summed E-state index contributed by atoms with van der Waals surface area (Å²) in [6, 6.07) is 5.85. The maximum Gasteiger partial charge on any atom is 0.322 e. The van der Waals surface area contributed by atoms with E-state index in [9.17, 15) is 9.59 Å². The van der Waals surface area contributed by atoms with Crippen molar-refractivity contribution in [2.24, 2.45) is 0 Å². The second kappa shape index (κ2) is 4.87. The van der Waals surface area contributed by atoms with Gasteiger partial charge in [0.05, 0.1) is 5.92 Å². The summed E-state index contributed by atoms with van der Waals surface area (Å²) in [5.74, 6) is -1.43. The van der Waals surface area contributed by atoms with Crippen molar-refractivity contribution in [1.29, 1.82) is 0 Å². The number of hydrogen-bond donors (Lipinski definition) is 2. The molecule has 1 atom stereocenters. The van der Waals surface area contributed by atoms with E-state index in [0.29, 0.717) is 0 Å². The Hall–Kier alpha value is -1.36. The van der Waals surface area contributed by atoms with Crippen LogP contribution in [0.3, 0.4) is 0 Å². The number of aryl methyl sites for hydroxylation is 1. The van der Waals surface area contributed by atoms with Crippen molar-refractivity contribution < 1.29 is 14.7 Å². The minimum Gasteiger partial charge on any atom is -0.480 e. The van der Waals surface area contributed by atoms with Gasteiger partial charge in [0.2, 0.25) is 5.91 Å². The van der Waals surface area contributed by atoms with Crippen LogP contribution in [0.25, 0.3) is 0 Å².